The molecule has 168 valence electrons. The summed E-state index contributed by atoms with van der Waals surface area (Å²) >= 11 is -2.41. The molecule has 0 fully saturated rings. The molecular weight excluding hydrogens is 477 g/mol. The Morgan fingerprint density at radius 1 is 0.933 bits per heavy atom. The van der Waals surface area contributed by atoms with Crippen molar-refractivity contribution in [2.24, 2.45) is 0 Å². The van der Waals surface area contributed by atoms with Crippen molar-refractivity contribution in [3.05, 3.63) is 35.4 Å². The Kier molecular flexibility index (Phi) is 12.6. The zero-order valence-electron chi connectivity index (χ0n) is 20.2. The minimum absolute atomic E-state index is 0.381. The molecule has 0 saturated heterocycles. The fraction of sp³-hybridized carbons (Fsp3) is 0.654. The standard InChI is InChI=1S/C14H16NO2.3C4H9.Sn/c1-5-11-6-8-12(9-7-11)10-15-13(16)17-14(2,3)4;3*1-3-4-2;/h6-9H,10H2,2-4H3,(H,15,16);3*1,3-4H2,2H3;. The van der Waals surface area contributed by atoms with Gasteiger partial charge < -0.3 is 0 Å². The first-order valence-electron chi connectivity index (χ1n) is 11.8. The van der Waals surface area contributed by atoms with E-state index >= 15 is 0 Å². The number of alkyl carbamates (subject to hydrolysis) is 1. The Bertz CT molecular complexity index is 658. The molecule has 0 aliphatic heterocycles. The first-order chi connectivity index (χ1) is 14.2. The molecule has 1 amide bonds. The monoisotopic (exact) mass is 521 g/mol. The fourth-order valence-corrected chi connectivity index (χ4v) is 16.7. The molecule has 0 spiro atoms. The summed E-state index contributed by atoms with van der Waals surface area (Å²) in [6.07, 6.45) is 7.47. The van der Waals surface area contributed by atoms with Crippen LogP contribution < -0.4 is 5.32 Å². The van der Waals surface area contributed by atoms with E-state index in [1.54, 1.807) is 0 Å². The summed E-state index contributed by atoms with van der Waals surface area (Å²) in [6, 6.07) is 8.30. The molecular formula is C26H43NO2Sn. The van der Waals surface area contributed by atoms with Crippen LogP contribution in [-0.2, 0) is 11.3 Å². The summed E-state index contributed by atoms with van der Waals surface area (Å²) in [5.74, 6) is 3.57. The van der Waals surface area contributed by atoms with Gasteiger partial charge in [0.2, 0.25) is 0 Å². The zero-order valence-corrected chi connectivity index (χ0v) is 23.1. The molecule has 1 N–H and O–H groups in total. The van der Waals surface area contributed by atoms with Crippen LogP contribution in [0.4, 0.5) is 4.79 Å². The van der Waals surface area contributed by atoms with Crippen molar-refractivity contribution in [2.75, 3.05) is 0 Å². The topological polar surface area (TPSA) is 38.3 Å². The molecule has 0 unspecified atom stereocenters. The number of benzene rings is 1. The molecule has 0 aliphatic carbocycles. The Morgan fingerprint density at radius 2 is 1.43 bits per heavy atom. The maximum absolute atomic E-state index is 11.8. The van der Waals surface area contributed by atoms with Gasteiger partial charge in [0.15, 0.2) is 0 Å². The molecule has 0 radical (unpaired) electrons. The van der Waals surface area contributed by atoms with Crippen molar-refractivity contribution in [3.63, 3.8) is 0 Å². The number of amides is 1. The van der Waals surface area contributed by atoms with E-state index in [9.17, 15) is 4.79 Å². The quantitative estimate of drug-likeness (QED) is 0.243. The molecule has 0 aromatic heterocycles. The minimum atomic E-state index is -2.41. The van der Waals surface area contributed by atoms with Crippen LogP contribution >= 0.6 is 0 Å². The third-order valence-corrected chi connectivity index (χ3v) is 18.4. The number of carbonyl (C=O) groups is 1. The fourth-order valence-electron chi connectivity index (χ4n) is 3.51. The third-order valence-electron chi connectivity index (χ3n) is 5.29. The van der Waals surface area contributed by atoms with Crippen LogP contribution in [0.2, 0.25) is 13.3 Å². The van der Waals surface area contributed by atoms with Gasteiger partial charge in [-0.25, -0.2) is 0 Å². The van der Waals surface area contributed by atoms with Gasteiger partial charge in [0.1, 0.15) is 0 Å². The predicted octanol–water partition coefficient (Wildman–Crippen LogP) is 7.45. The molecule has 0 bridgehead atoms. The van der Waals surface area contributed by atoms with Gasteiger partial charge in [-0.3, -0.25) is 0 Å². The number of hydrogen-bond acceptors (Lipinski definition) is 2. The van der Waals surface area contributed by atoms with Gasteiger partial charge in [0.25, 0.3) is 0 Å². The van der Waals surface area contributed by atoms with Crippen molar-refractivity contribution in [1.29, 1.82) is 0 Å². The van der Waals surface area contributed by atoms with Crippen LogP contribution in [0.25, 0.3) is 0 Å². The van der Waals surface area contributed by atoms with Crippen molar-refractivity contribution < 1.29 is 9.53 Å². The number of ether oxygens (including phenoxy) is 1. The maximum atomic E-state index is 11.8. The summed E-state index contributed by atoms with van der Waals surface area (Å²) in [5.41, 5.74) is 1.68. The van der Waals surface area contributed by atoms with Crippen LogP contribution in [0.5, 0.6) is 0 Å². The summed E-state index contributed by atoms with van der Waals surface area (Å²) in [5, 5.41) is 2.81. The number of carbonyl (C=O) groups excluding carboxylic acids is 1. The molecule has 1 aromatic rings. The number of hydrogen-bond donors (Lipinski definition) is 1. The Hall–Kier alpha value is -1.15. The van der Waals surface area contributed by atoms with E-state index in [0.29, 0.717) is 6.54 Å². The van der Waals surface area contributed by atoms with Crippen LogP contribution in [0.3, 0.4) is 0 Å². The van der Waals surface area contributed by atoms with E-state index in [1.165, 1.54) is 51.8 Å². The average molecular weight is 520 g/mol. The zero-order chi connectivity index (χ0) is 22.5. The second kappa shape index (κ2) is 14.0. The van der Waals surface area contributed by atoms with E-state index in [2.05, 4.69) is 60.2 Å². The van der Waals surface area contributed by atoms with E-state index in [0.717, 1.165) is 11.1 Å². The summed E-state index contributed by atoms with van der Waals surface area (Å²) < 4.78 is 13.4. The SMILES string of the molecule is CCC[CH2][Sn]([C]#Cc1ccc(CNC(=O)OC(C)(C)C)cc1)([CH2]CCC)[CH2]CCC. The second-order valence-corrected chi connectivity index (χ2v) is 21.7. The molecule has 0 heterocycles. The van der Waals surface area contributed by atoms with E-state index in [4.69, 9.17) is 4.74 Å². The Morgan fingerprint density at radius 3 is 1.87 bits per heavy atom. The number of nitrogens with one attached hydrogen (secondary N) is 1. The first-order valence-corrected chi connectivity index (χ1v) is 19.3. The molecule has 4 heteroatoms. The van der Waals surface area contributed by atoms with E-state index in [-0.39, 0.29) is 6.09 Å². The van der Waals surface area contributed by atoms with Crippen LogP contribution in [-0.4, -0.2) is 30.1 Å². The molecule has 3 nitrogen and oxygen atoms in total. The Labute approximate surface area is 189 Å². The van der Waals surface area contributed by atoms with E-state index in [1.807, 2.05) is 20.8 Å². The van der Waals surface area contributed by atoms with E-state index < -0.39 is 24.0 Å². The molecule has 0 aliphatic rings. The van der Waals surface area contributed by atoms with Gasteiger partial charge in [-0.2, -0.15) is 0 Å². The van der Waals surface area contributed by atoms with Crippen LogP contribution in [0.1, 0.15) is 91.2 Å². The van der Waals surface area contributed by atoms with Gasteiger partial charge in [0.05, 0.1) is 0 Å². The predicted molar refractivity (Wildman–Crippen MR) is 131 cm³/mol. The summed E-state index contributed by atoms with van der Waals surface area (Å²) in [6.45, 7) is 13.0. The van der Waals surface area contributed by atoms with Crippen molar-refractivity contribution >= 4 is 24.5 Å². The average Bonchev–Trinajstić information content (AvgIpc) is 2.71. The van der Waals surface area contributed by atoms with Crippen molar-refractivity contribution in [3.8, 4) is 9.86 Å². The third kappa shape index (κ3) is 11.3. The Balaban J connectivity index is 2.84. The van der Waals surface area contributed by atoms with Gasteiger partial charge >= 0.3 is 190 Å². The molecule has 1 rings (SSSR count). The summed E-state index contributed by atoms with van der Waals surface area (Å²) in [7, 11) is 0. The normalized spacial score (nSPS) is 11.5. The van der Waals surface area contributed by atoms with Gasteiger partial charge in [-0.15, -0.1) is 0 Å². The van der Waals surface area contributed by atoms with Gasteiger partial charge in [-0.05, 0) is 0 Å². The van der Waals surface area contributed by atoms with Gasteiger partial charge in [-0.1, -0.05) is 0 Å². The first kappa shape index (κ1) is 26.9. The molecule has 1 aromatic carbocycles. The van der Waals surface area contributed by atoms with Crippen molar-refractivity contribution in [1.82, 2.24) is 5.32 Å². The van der Waals surface area contributed by atoms with Gasteiger partial charge in [0, 0.05) is 0 Å². The van der Waals surface area contributed by atoms with Crippen molar-refractivity contribution in [2.45, 2.75) is 106 Å². The molecule has 30 heavy (non-hydrogen) atoms. The summed E-state index contributed by atoms with van der Waals surface area (Å²) in [4.78, 5) is 11.8. The molecule has 0 atom stereocenters. The number of rotatable bonds is 11. The van der Waals surface area contributed by atoms with Crippen LogP contribution in [0, 0.1) is 9.86 Å². The second-order valence-electron chi connectivity index (χ2n) is 9.39. The molecule has 0 saturated carbocycles. The van der Waals surface area contributed by atoms with Crippen LogP contribution in [0.15, 0.2) is 24.3 Å². The number of unbranched alkanes of at least 4 members (excludes halogenated alkanes) is 3.